The molecule has 0 aliphatic carbocycles. The molecule has 0 saturated carbocycles. The molecule has 0 bridgehead atoms. The number of ether oxygens (including phenoxy) is 1. The number of aryl methyl sites for hydroxylation is 1. The standard InChI is InChI=1S/C27H26N8O/c1-33-13-21(11-32-33)20-4-2-19(3-5-20)10-28-25-9-23(30-18-31-25)24-12-29-26-8-22(6-7-35(24)26)34-14-27(15-34)16-36-17-27/h2-9,11-13,18H,10,14-17H2,1H3,(H,28,30,31). The predicted octanol–water partition coefficient (Wildman–Crippen LogP) is 3.64. The van der Waals surface area contributed by atoms with Crippen molar-refractivity contribution in [2.45, 2.75) is 6.54 Å². The Kier molecular flexibility index (Phi) is 4.78. The minimum absolute atomic E-state index is 0.387. The van der Waals surface area contributed by atoms with Gasteiger partial charge in [-0.3, -0.25) is 9.08 Å². The Morgan fingerprint density at radius 2 is 1.83 bits per heavy atom. The van der Waals surface area contributed by atoms with E-state index < -0.39 is 0 Å². The second-order valence-electron chi connectivity index (χ2n) is 9.85. The van der Waals surface area contributed by atoms with E-state index in [0.717, 1.165) is 60.3 Å². The lowest BCUT2D eigenvalue weighted by molar-refractivity contribution is -0.127. The molecule has 2 aliphatic rings. The van der Waals surface area contributed by atoms with Crippen LogP contribution in [0.2, 0.25) is 0 Å². The number of rotatable bonds is 6. The summed E-state index contributed by atoms with van der Waals surface area (Å²) in [4.78, 5) is 16.0. The van der Waals surface area contributed by atoms with Crippen LogP contribution >= 0.6 is 0 Å². The van der Waals surface area contributed by atoms with Crippen LogP contribution in [0, 0.1) is 5.41 Å². The van der Waals surface area contributed by atoms with Crippen molar-refractivity contribution in [1.82, 2.24) is 29.1 Å². The van der Waals surface area contributed by atoms with E-state index in [9.17, 15) is 0 Å². The molecule has 4 aromatic heterocycles. The van der Waals surface area contributed by atoms with Crippen molar-refractivity contribution >= 4 is 17.2 Å². The third kappa shape index (κ3) is 3.68. The van der Waals surface area contributed by atoms with Gasteiger partial charge in [-0.1, -0.05) is 24.3 Å². The van der Waals surface area contributed by atoms with Crippen LogP contribution in [0.1, 0.15) is 5.56 Å². The van der Waals surface area contributed by atoms with Crippen LogP contribution in [-0.4, -0.2) is 55.4 Å². The number of nitrogens with one attached hydrogen (secondary N) is 1. The van der Waals surface area contributed by atoms with Crippen LogP contribution in [0.5, 0.6) is 0 Å². The lowest BCUT2D eigenvalue weighted by Crippen LogP contribution is -2.66. The van der Waals surface area contributed by atoms with Gasteiger partial charge >= 0.3 is 0 Å². The third-order valence-corrected chi connectivity index (χ3v) is 7.13. The van der Waals surface area contributed by atoms with Gasteiger partial charge in [0.2, 0.25) is 0 Å². The molecule has 2 saturated heterocycles. The zero-order valence-corrected chi connectivity index (χ0v) is 20.0. The van der Waals surface area contributed by atoms with Crippen molar-refractivity contribution in [2.75, 3.05) is 36.5 Å². The summed E-state index contributed by atoms with van der Waals surface area (Å²) >= 11 is 0. The molecular formula is C27H26N8O. The third-order valence-electron chi connectivity index (χ3n) is 7.13. The molecule has 7 rings (SSSR count). The number of nitrogens with zero attached hydrogens (tertiary/aromatic N) is 7. The average Bonchev–Trinajstić information content (AvgIpc) is 3.48. The van der Waals surface area contributed by atoms with Gasteiger partial charge in [-0.15, -0.1) is 0 Å². The Morgan fingerprint density at radius 1 is 0.972 bits per heavy atom. The SMILES string of the molecule is Cn1cc(-c2ccc(CNc3cc(-c4cnc5cc(N6CC7(COC7)C6)ccn45)ncn3)cc2)cn1. The molecule has 1 spiro atoms. The number of fused-ring (bicyclic) bond motifs is 1. The zero-order valence-electron chi connectivity index (χ0n) is 20.0. The summed E-state index contributed by atoms with van der Waals surface area (Å²) in [6, 6.07) is 14.7. The van der Waals surface area contributed by atoms with E-state index in [4.69, 9.17) is 4.74 Å². The van der Waals surface area contributed by atoms with Crippen LogP contribution in [0.4, 0.5) is 11.5 Å². The van der Waals surface area contributed by atoms with Gasteiger partial charge in [-0.25, -0.2) is 15.0 Å². The van der Waals surface area contributed by atoms with E-state index in [1.807, 2.05) is 36.4 Å². The first-order valence-electron chi connectivity index (χ1n) is 12.1. The summed E-state index contributed by atoms with van der Waals surface area (Å²) < 4.78 is 9.29. The molecule has 36 heavy (non-hydrogen) atoms. The van der Waals surface area contributed by atoms with Gasteiger partial charge in [0.1, 0.15) is 17.8 Å². The van der Waals surface area contributed by atoms with Crippen molar-refractivity contribution in [2.24, 2.45) is 12.5 Å². The Balaban J connectivity index is 1.05. The summed E-state index contributed by atoms with van der Waals surface area (Å²) in [5.41, 5.74) is 7.71. The average molecular weight is 479 g/mol. The van der Waals surface area contributed by atoms with E-state index in [2.05, 4.69) is 77.3 Å². The van der Waals surface area contributed by atoms with Crippen molar-refractivity contribution in [3.8, 4) is 22.5 Å². The number of hydrogen-bond donors (Lipinski definition) is 1. The van der Waals surface area contributed by atoms with Crippen LogP contribution in [0.3, 0.4) is 0 Å². The van der Waals surface area contributed by atoms with E-state index in [1.54, 1.807) is 6.33 Å². The quantitative estimate of drug-likeness (QED) is 0.399. The number of anilines is 2. The highest BCUT2D eigenvalue weighted by molar-refractivity contribution is 5.66. The molecule has 9 nitrogen and oxygen atoms in total. The topological polar surface area (TPSA) is 85.4 Å². The van der Waals surface area contributed by atoms with Crippen molar-refractivity contribution < 1.29 is 4.74 Å². The zero-order chi connectivity index (χ0) is 24.1. The monoisotopic (exact) mass is 478 g/mol. The maximum absolute atomic E-state index is 5.40. The smallest absolute Gasteiger partial charge is 0.139 e. The normalized spacial score (nSPS) is 16.2. The van der Waals surface area contributed by atoms with Crippen molar-refractivity contribution in [3.63, 3.8) is 0 Å². The molecule has 0 amide bonds. The van der Waals surface area contributed by atoms with Gasteiger partial charge in [0.25, 0.3) is 0 Å². The van der Waals surface area contributed by atoms with E-state index in [0.29, 0.717) is 12.0 Å². The molecule has 0 radical (unpaired) electrons. The lowest BCUT2D eigenvalue weighted by Gasteiger charge is -2.56. The highest BCUT2D eigenvalue weighted by Crippen LogP contribution is 2.40. The van der Waals surface area contributed by atoms with Gasteiger partial charge in [-0.2, -0.15) is 5.10 Å². The molecule has 9 heteroatoms. The minimum atomic E-state index is 0.387. The molecule has 5 aromatic rings. The largest absolute Gasteiger partial charge is 0.380 e. The molecule has 180 valence electrons. The number of imidazole rings is 1. The van der Waals surface area contributed by atoms with Crippen molar-refractivity contribution in [1.29, 1.82) is 0 Å². The van der Waals surface area contributed by atoms with Crippen LogP contribution in [0.25, 0.3) is 28.2 Å². The summed E-state index contributed by atoms with van der Waals surface area (Å²) in [6.45, 7) is 4.57. The number of aromatic nitrogens is 6. The number of hydrogen-bond acceptors (Lipinski definition) is 7. The van der Waals surface area contributed by atoms with Gasteiger partial charge in [0, 0.05) is 62.5 Å². The maximum Gasteiger partial charge on any atom is 0.139 e. The molecular weight excluding hydrogens is 452 g/mol. The Bertz CT molecular complexity index is 1540. The number of benzene rings is 1. The van der Waals surface area contributed by atoms with Gasteiger partial charge in [0.05, 0.1) is 42.4 Å². The fourth-order valence-electron chi connectivity index (χ4n) is 5.05. The molecule has 2 aliphatic heterocycles. The molecule has 0 unspecified atom stereocenters. The van der Waals surface area contributed by atoms with Gasteiger partial charge in [0.15, 0.2) is 0 Å². The van der Waals surface area contributed by atoms with Gasteiger partial charge in [-0.05, 0) is 17.2 Å². The molecule has 1 aromatic carbocycles. The van der Waals surface area contributed by atoms with Crippen LogP contribution < -0.4 is 10.2 Å². The van der Waals surface area contributed by atoms with Crippen LogP contribution in [0.15, 0.2) is 73.6 Å². The first-order chi connectivity index (χ1) is 17.6. The fourth-order valence-corrected chi connectivity index (χ4v) is 5.05. The Morgan fingerprint density at radius 3 is 2.58 bits per heavy atom. The highest BCUT2D eigenvalue weighted by Gasteiger charge is 2.49. The summed E-state index contributed by atoms with van der Waals surface area (Å²) in [5, 5.41) is 7.66. The van der Waals surface area contributed by atoms with E-state index in [1.165, 1.54) is 11.3 Å². The maximum atomic E-state index is 5.40. The van der Waals surface area contributed by atoms with Crippen molar-refractivity contribution in [3.05, 3.63) is 79.1 Å². The summed E-state index contributed by atoms with van der Waals surface area (Å²) in [6.07, 6.45) is 9.44. The lowest BCUT2D eigenvalue weighted by atomic mass is 9.78. The Labute approximate surface area is 208 Å². The summed E-state index contributed by atoms with van der Waals surface area (Å²) in [7, 11) is 1.93. The second-order valence-corrected chi connectivity index (χ2v) is 9.85. The minimum Gasteiger partial charge on any atom is -0.380 e. The first-order valence-corrected chi connectivity index (χ1v) is 12.1. The summed E-state index contributed by atoms with van der Waals surface area (Å²) in [5.74, 6) is 0.775. The highest BCUT2D eigenvalue weighted by atomic mass is 16.5. The molecule has 2 fully saturated rings. The van der Waals surface area contributed by atoms with E-state index >= 15 is 0 Å². The molecule has 6 heterocycles. The molecule has 1 N–H and O–H groups in total. The first kappa shape index (κ1) is 21.1. The predicted molar refractivity (Wildman–Crippen MR) is 138 cm³/mol. The fraction of sp³-hybridized carbons (Fsp3) is 0.259. The van der Waals surface area contributed by atoms with E-state index in [-0.39, 0.29) is 0 Å². The number of pyridine rings is 1. The Hall–Kier alpha value is -4.24. The second kappa shape index (κ2) is 8.17. The molecule has 0 atom stereocenters. The van der Waals surface area contributed by atoms with Gasteiger partial charge < -0.3 is 15.0 Å². The van der Waals surface area contributed by atoms with Crippen LogP contribution in [-0.2, 0) is 18.3 Å².